The van der Waals surface area contributed by atoms with Gasteiger partial charge in [-0.25, -0.2) is 0 Å². The summed E-state index contributed by atoms with van der Waals surface area (Å²) in [7, 11) is 1.89. The Morgan fingerprint density at radius 2 is 2.07 bits per heavy atom. The summed E-state index contributed by atoms with van der Waals surface area (Å²) >= 11 is 4.98. The van der Waals surface area contributed by atoms with E-state index in [1.165, 1.54) is 0 Å². The zero-order valence-electron chi connectivity index (χ0n) is 8.62. The lowest BCUT2D eigenvalue weighted by Crippen LogP contribution is -2.36. The zero-order valence-corrected chi connectivity index (χ0v) is 11.0. The summed E-state index contributed by atoms with van der Waals surface area (Å²) in [5.41, 5.74) is 0. The fourth-order valence-corrected chi connectivity index (χ4v) is 2.98. The van der Waals surface area contributed by atoms with Crippen LogP contribution in [0.2, 0.25) is 0 Å². The second-order valence-electron chi connectivity index (χ2n) is 3.65. The predicted octanol–water partition coefficient (Wildman–Crippen LogP) is 2.79. The SMILES string of the molecule is CNC(C(C)C)C(O)c1ccc(Br)s1. The second kappa shape index (κ2) is 5.26. The van der Waals surface area contributed by atoms with Gasteiger partial charge in [0.15, 0.2) is 0 Å². The Bertz CT molecular complexity index is 287. The minimum absolute atomic E-state index is 0.112. The first kappa shape index (κ1) is 12.2. The fraction of sp³-hybridized carbons (Fsp3) is 0.600. The maximum atomic E-state index is 10.1. The van der Waals surface area contributed by atoms with Crippen molar-refractivity contribution in [1.82, 2.24) is 5.32 Å². The molecule has 4 heteroatoms. The highest BCUT2D eigenvalue weighted by Crippen LogP contribution is 2.30. The van der Waals surface area contributed by atoms with Gasteiger partial charge in [0.1, 0.15) is 6.10 Å². The molecule has 2 unspecified atom stereocenters. The van der Waals surface area contributed by atoms with Crippen LogP contribution < -0.4 is 5.32 Å². The first-order valence-corrected chi connectivity index (χ1v) is 6.27. The molecular formula is C10H16BrNOS. The zero-order chi connectivity index (χ0) is 10.7. The predicted molar refractivity (Wildman–Crippen MR) is 64.7 cm³/mol. The molecule has 2 N–H and O–H groups in total. The molecule has 0 saturated heterocycles. The van der Waals surface area contributed by atoms with Crippen molar-refractivity contribution in [2.75, 3.05) is 7.05 Å². The number of aliphatic hydroxyl groups is 1. The quantitative estimate of drug-likeness (QED) is 0.887. The molecule has 80 valence electrons. The number of hydrogen-bond donors (Lipinski definition) is 2. The number of halogens is 1. The lowest BCUT2D eigenvalue weighted by molar-refractivity contribution is 0.113. The second-order valence-corrected chi connectivity index (χ2v) is 6.14. The van der Waals surface area contributed by atoms with E-state index in [1.807, 2.05) is 19.2 Å². The summed E-state index contributed by atoms with van der Waals surface area (Å²) in [5.74, 6) is 0.413. The molecule has 14 heavy (non-hydrogen) atoms. The van der Waals surface area contributed by atoms with E-state index in [4.69, 9.17) is 0 Å². The van der Waals surface area contributed by atoms with Gasteiger partial charge < -0.3 is 10.4 Å². The van der Waals surface area contributed by atoms with Crippen LogP contribution in [0.5, 0.6) is 0 Å². The van der Waals surface area contributed by atoms with Gasteiger partial charge in [-0.15, -0.1) is 11.3 Å². The molecule has 2 nitrogen and oxygen atoms in total. The summed E-state index contributed by atoms with van der Waals surface area (Å²) in [4.78, 5) is 1.00. The lowest BCUT2D eigenvalue weighted by Gasteiger charge is -2.25. The van der Waals surface area contributed by atoms with Crippen molar-refractivity contribution in [3.8, 4) is 0 Å². The van der Waals surface area contributed by atoms with Crippen molar-refractivity contribution in [1.29, 1.82) is 0 Å². The van der Waals surface area contributed by atoms with Crippen LogP contribution >= 0.6 is 27.3 Å². The molecular weight excluding hydrogens is 262 g/mol. The van der Waals surface area contributed by atoms with Crippen molar-refractivity contribution in [3.05, 3.63) is 20.8 Å². The summed E-state index contributed by atoms with van der Waals surface area (Å²) < 4.78 is 1.06. The third-order valence-electron chi connectivity index (χ3n) is 2.28. The van der Waals surface area contributed by atoms with Gasteiger partial charge in [0.2, 0.25) is 0 Å². The number of likely N-dealkylation sites (N-methyl/N-ethyl adjacent to an activating group) is 1. The van der Waals surface area contributed by atoms with E-state index in [9.17, 15) is 5.11 Å². The van der Waals surface area contributed by atoms with E-state index < -0.39 is 6.10 Å². The molecule has 1 aromatic heterocycles. The van der Waals surface area contributed by atoms with E-state index in [0.717, 1.165) is 8.66 Å². The maximum absolute atomic E-state index is 10.1. The van der Waals surface area contributed by atoms with Crippen LogP contribution in [0.15, 0.2) is 15.9 Å². The first-order valence-electron chi connectivity index (χ1n) is 4.66. The molecule has 1 rings (SSSR count). The molecule has 2 atom stereocenters. The standard InChI is InChI=1S/C10H16BrNOS/c1-6(2)9(12-3)10(13)7-4-5-8(11)14-7/h4-6,9-10,12-13H,1-3H3. The Hall–Kier alpha value is 0.1000. The number of nitrogens with one attached hydrogen (secondary N) is 1. The highest BCUT2D eigenvalue weighted by atomic mass is 79.9. The van der Waals surface area contributed by atoms with Crippen molar-refractivity contribution in [2.45, 2.75) is 26.0 Å². The Morgan fingerprint density at radius 3 is 2.43 bits per heavy atom. The average molecular weight is 278 g/mol. The summed E-state index contributed by atoms with van der Waals surface area (Å²) in [6, 6.07) is 4.04. The van der Waals surface area contributed by atoms with Gasteiger partial charge in [0.05, 0.1) is 3.79 Å². The highest BCUT2D eigenvalue weighted by Gasteiger charge is 2.23. The summed E-state index contributed by atoms with van der Waals surface area (Å²) in [6.07, 6.45) is -0.420. The number of rotatable bonds is 4. The fourth-order valence-electron chi connectivity index (χ4n) is 1.52. The van der Waals surface area contributed by atoms with Gasteiger partial charge in [-0.2, -0.15) is 0 Å². The van der Waals surface area contributed by atoms with Crippen LogP contribution in [0.1, 0.15) is 24.8 Å². The van der Waals surface area contributed by atoms with Crippen LogP contribution in [0.4, 0.5) is 0 Å². The number of hydrogen-bond acceptors (Lipinski definition) is 3. The molecule has 1 heterocycles. The van der Waals surface area contributed by atoms with Crippen molar-refractivity contribution in [3.63, 3.8) is 0 Å². The molecule has 0 saturated carbocycles. The van der Waals surface area contributed by atoms with Gasteiger partial charge in [-0.1, -0.05) is 13.8 Å². The van der Waals surface area contributed by atoms with Crippen LogP contribution in [-0.4, -0.2) is 18.2 Å². The van der Waals surface area contributed by atoms with E-state index >= 15 is 0 Å². The third kappa shape index (κ3) is 2.79. The number of aliphatic hydroxyl groups excluding tert-OH is 1. The van der Waals surface area contributed by atoms with E-state index in [1.54, 1.807) is 11.3 Å². The van der Waals surface area contributed by atoms with Gasteiger partial charge in [-0.05, 0) is 41.0 Å². The van der Waals surface area contributed by atoms with Gasteiger partial charge >= 0.3 is 0 Å². The molecule has 0 fully saturated rings. The highest BCUT2D eigenvalue weighted by molar-refractivity contribution is 9.11. The normalized spacial score (nSPS) is 15.9. The van der Waals surface area contributed by atoms with Crippen molar-refractivity contribution < 1.29 is 5.11 Å². The van der Waals surface area contributed by atoms with Crippen LogP contribution in [-0.2, 0) is 0 Å². The molecule has 0 aliphatic heterocycles. The molecule has 0 aliphatic carbocycles. The topological polar surface area (TPSA) is 32.3 Å². The van der Waals surface area contributed by atoms with Gasteiger partial charge in [-0.3, -0.25) is 0 Å². The average Bonchev–Trinajstić information content (AvgIpc) is 2.52. The minimum Gasteiger partial charge on any atom is -0.386 e. The third-order valence-corrected chi connectivity index (χ3v) is 3.97. The van der Waals surface area contributed by atoms with Crippen molar-refractivity contribution in [2.24, 2.45) is 5.92 Å². The van der Waals surface area contributed by atoms with E-state index in [-0.39, 0.29) is 6.04 Å². The van der Waals surface area contributed by atoms with E-state index in [0.29, 0.717) is 5.92 Å². The maximum Gasteiger partial charge on any atom is 0.104 e. The van der Waals surface area contributed by atoms with E-state index in [2.05, 4.69) is 35.1 Å². The Balaban J connectivity index is 2.77. The molecule has 0 aromatic carbocycles. The van der Waals surface area contributed by atoms with Crippen LogP contribution in [0.3, 0.4) is 0 Å². The van der Waals surface area contributed by atoms with Crippen molar-refractivity contribution >= 4 is 27.3 Å². The Kier molecular flexibility index (Phi) is 4.57. The van der Waals surface area contributed by atoms with Crippen LogP contribution in [0, 0.1) is 5.92 Å². The van der Waals surface area contributed by atoms with Gasteiger partial charge in [0.25, 0.3) is 0 Å². The lowest BCUT2D eigenvalue weighted by atomic mass is 9.98. The monoisotopic (exact) mass is 277 g/mol. The molecule has 0 aliphatic rings. The van der Waals surface area contributed by atoms with Crippen LogP contribution in [0.25, 0.3) is 0 Å². The summed E-state index contributed by atoms with van der Waals surface area (Å²) in [5, 5.41) is 13.2. The first-order chi connectivity index (χ1) is 6.56. The molecule has 0 bridgehead atoms. The number of thiophene rings is 1. The molecule has 0 amide bonds. The molecule has 0 radical (unpaired) electrons. The minimum atomic E-state index is -0.420. The molecule has 0 spiro atoms. The Morgan fingerprint density at radius 1 is 1.43 bits per heavy atom. The molecule has 1 aromatic rings. The smallest absolute Gasteiger partial charge is 0.104 e. The summed E-state index contributed by atoms with van der Waals surface area (Å²) in [6.45, 7) is 4.21. The largest absolute Gasteiger partial charge is 0.386 e. The van der Waals surface area contributed by atoms with Gasteiger partial charge in [0, 0.05) is 10.9 Å². The Labute approximate surface area is 97.5 Å².